The lowest BCUT2D eigenvalue weighted by molar-refractivity contribution is 0.0774. The molecular formula is C16H32N2. The molecule has 1 fully saturated rings. The van der Waals surface area contributed by atoms with Crippen LogP contribution in [-0.2, 0) is 0 Å². The summed E-state index contributed by atoms with van der Waals surface area (Å²) < 4.78 is 0. The van der Waals surface area contributed by atoms with Gasteiger partial charge in [-0.25, -0.2) is 0 Å². The van der Waals surface area contributed by atoms with E-state index < -0.39 is 0 Å². The zero-order chi connectivity index (χ0) is 13.4. The predicted molar refractivity (Wildman–Crippen MR) is 81.0 cm³/mol. The van der Waals surface area contributed by atoms with Gasteiger partial charge in [-0.3, -0.25) is 0 Å². The van der Waals surface area contributed by atoms with Gasteiger partial charge >= 0.3 is 0 Å². The monoisotopic (exact) mass is 252 g/mol. The summed E-state index contributed by atoms with van der Waals surface area (Å²) in [4.78, 5) is 2.49. The molecule has 1 atom stereocenters. The molecule has 1 rings (SSSR count). The van der Waals surface area contributed by atoms with Gasteiger partial charge in [0.15, 0.2) is 0 Å². The van der Waals surface area contributed by atoms with Gasteiger partial charge in [0.1, 0.15) is 0 Å². The lowest BCUT2D eigenvalue weighted by Crippen LogP contribution is -2.58. The van der Waals surface area contributed by atoms with Crippen LogP contribution in [0.1, 0.15) is 58.3 Å². The summed E-state index contributed by atoms with van der Waals surface area (Å²) in [6, 6.07) is 0.605. The van der Waals surface area contributed by atoms with E-state index in [9.17, 15) is 0 Å². The van der Waals surface area contributed by atoms with Gasteiger partial charge in [-0.15, -0.1) is 6.58 Å². The Morgan fingerprint density at radius 1 is 1.22 bits per heavy atom. The fourth-order valence-corrected chi connectivity index (χ4v) is 3.54. The molecule has 0 bridgehead atoms. The van der Waals surface area contributed by atoms with Crippen LogP contribution in [0, 0.1) is 0 Å². The third kappa shape index (κ3) is 3.83. The van der Waals surface area contributed by atoms with Crippen LogP contribution in [0.2, 0.25) is 0 Å². The number of nitrogens with zero attached hydrogens (tertiary/aromatic N) is 1. The van der Waals surface area contributed by atoms with E-state index in [4.69, 9.17) is 0 Å². The van der Waals surface area contributed by atoms with Crippen LogP contribution in [0.5, 0.6) is 0 Å². The summed E-state index contributed by atoms with van der Waals surface area (Å²) in [6.07, 6.45) is 12.7. The van der Waals surface area contributed by atoms with Crippen LogP contribution in [0.25, 0.3) is 0 Å². The molecule has 0 amide bonds. The zero-order valence-electron chi connectivity index (χ0n) is 12.7. The van der Waals surface area contributed by atoms with Crippen molar-refractivity contribution in [3.05, 3.63) is 12.7 Å². The maximum Gasteiger partial charge on any atom is 0.0356 e. The van der Waals surface area contributed by atoms with Crippen molar-refractivity contribution in [2.24, 2.45) is 0 Å². The number of allylic oxidation sites excluding steroid dienone is 1. The van der Waals surface area contributed by atoms with Crippen LogP contribution >= 0.6 is 0 Å². The predicted octanol–water partition coefficient (Wildman–Crippen LogP) is 3.59. The van der Waals surface area contributed by atoms with E-state index in [0.717, 1.165) is 13.0 Å². The third-order valence-corrected chi connectivity index (χ3v) is 4.62. The highest BCUT2D eigenvalue weighted by Crippen LogP contribution is 2.35. The molecule has 1 unspecified atom stereocenters. The normalized spacial score (nSPS) is 21.6. The van der Waals surface area contributed by atoms with Crippen molar-refractivity contribution < 1.29 is 0 Å². The molecule has 0 heterocycles. The average molecular weight is 252 g/mol. The fourth-order valence-electron chi connectivity index (χ4n) is 3.54. The first-order chi connectivity index (χ1) is 8.67. The molecule has 0 radical (unpaired) electrons. The zero-order valence-corrected chi connectivity index (χ0v) is 12.7. The van der Waals surface area contributed by atoms with Gasteiger partial charge in [-0.05, 0) is 46.3 Å². The standard InChI is InChI=1S/C16H32N2/c1-5-7-12-15(17-6-2)16(18(3)4)13-10-8-9-11-14-16/h5,15,17H,1,6-14H2,2-4H3. The van der Waals surface area contributed by atoms with Crippen molar-refractivity contribution in [2.75, 3.05) is 20.6 Å². The summed E-state index contributed by atoms with van der Waals surface area (Å²) in [5, 5.41) is 3.75. The quantitative estimate of drug-likeness (QED) is 0.550. The van der Waals surface area contributed by atoms with Crippen molar-refractivity contribution in [3.8, 4) is 0 Å². The van der Waals surface area contributed by atoms with E-state index in [1.807, 2.05) is 0 Å². The molecule has 0 aromatic carbocycles. The summed E-state index contributed by atoms with van der Waals surface area (Å²) in [5.74, 6) is 0. The molecule has 1 aliphatic rings. The second-order valence-electron chi connectivity index (χ2n) is 5.89. The van der Waals surface area contributed by atoms with E-state index in [0.29, 0.717) is 11.6 Å². The Hall–Kier alpha value is -0.340. The number of hydrogen-bond donors (Lipinski definition) is 1. The van der Waals surface area contributed by atoms with E-state index in [1.54, 1.807) is 0 Å². The second kappa shape index (κ2) is 7.96. The fraction of sp³-hybridized carbons (Fsp3) is 0.875. The van der Waals surface area contributed by atoms with Crippen molar-refractivity contribution in [1.29, 1.82) is 0 Å². The second-order valence-corrected chi connectivity index (χ2v) is 5.89. The Labute approximate surface area is 114 Å². The third-order valence-electron chi connectivity index (χ3n) is 4.62. The van der Waals surface area contributed by atoms with E-state index >= 15 is 0 Å². The molecule has 0 saturated heterocycles. The first kappa shape index (κ1) is 15.7. The van der Waals surface area contributed by atoms with Crippen LogP contribution in [0.3, 0.4) is 0 Å². The summed E-state index contributed by atoms with van der Waals surface area (Å²) in [7, 11) is 4.53. The molecule has 1 aliphatic carbocycles. The van der Waals surface area contributed by atoms with E-state index in [-0.39, 0.29) is 0 Å². The Balaban J connectivity index is 2.85. The van der Waals surface area contributed by atoms with Gasteiger partial charge in [0.05, 0.1) is 0 Å². The molecule has 2 nitrogen and oxygen atoms in total. The van der Waals surface area contributed by atoms with Crippen LogP contribution < -0.4 is 5.32 Å². The highest BCUT2D eigenvalue weighted by Gasteiger charge is 2.39. The van der Waals surface area contributed by atoms with E-state index in [2.05, 4.69) is 43.9 Å². The highest BCUT2D eigenvalue weighted by molar-refractivity contribution is 5.00. The lowest BCUT2D eigenvalue weighted by Gasteiger charge is -2.46. The number of rotatable bonds is 7. The molecule has 2 heteroatoms. The Morgan fingerprint density at radius 2 is 1.83 bits per heavy atom. The first-order valence-corrected chi connectivity index (χ1v) is 7.69. The van der Waals surface area contributed by atoms with Gasteiger partial charge in [0, 0.05) is 11.6 Å². The van der Waals surface area contributed by atoms with Gasteiger partial charge in [-0.2, -0.15) is 0 Å². The largest absolute Gasteiger partial charge is 0.312 e. The van der Waals surface area contributed by atoms with Crippen molar-refractivity contribution >= 4 is 0 Å². The minimum Gasteiger partial charge on any atom is -0.312 e. The SMILES string of the molecule is C=CCCC(NCC)C1(N(C)C)CCCCCC1. The molecule has 106 valence electrons. The Morgan fingerprint density at radius 3 is 2.28 bits per heavy atom. The summed E-state index contributed by atoms with van der Waals surface area (Å²) in [6.45, 7) is 7.17. The molecule has 0 aromatic heterocycles. The number of nitrogens with one attached hydrogen (secondary N) is 1. The van der Waals surface area contributed by atoms with Crippen LogP contribution in [0.4, 0.5) is 0 Å². The smallest absolute Gasteiger partial charge is 0.0356 e. The highest BCUT2D eigenvalue weighted by atomic mass is 15.2. The van der Waals surface area contributed by atoms with Gasteiger partial charge in [0.2, 0.25) is 0 Å². The molecule has 0 aromatic rings. The minimum atomic E-state index is 0.357. The maximum absolute atomic E-state index is 3.88. The van der Waals surface area contributed by atoms with E-state index in [1.165, 1.54) is 44.9 Å². The lowest BCUT2D eigenvalue weighted by atomic mass is 9.79. The van der Waals surface area contributed by atoms with Crippen LogP contribution in [-0.4, -0.2) is 37.1 Å². The Kier molecular flexibility index (Phi) is 6.95. The minimum absolute atomic E-state index is 0.357. The Bertz CT molecular complexity index is 227. The van der Waals surface area contributed by atoms with Crippen LogP contribution in [0.15, 0.2) is 12.7 Å². The molecule has 0 aliphatic heterocycles. The molecule has 0 spiro atoms. The molecule has 1 N–H and O–H groups in total. The van der Waals surface area contributed by atoms with Crippen molar-refractivity contribution in [2.45, 2.75) is 69.9 Å². The van der Waals surface area contributed by atoms with Gasteiger partial charge in [-0.1, -0.05) is 38.7 Å². The van der Waals surface area contributed by atoms with Gasteiger partial charge < -0.3 is 10.2 Å². The van der Waals surface area contributed by atoms with Crippen molar-refractivity contribution in [1.82, 2.24) is 10.2 Å². The maximum atomic E-state index is 3.88. The molecule has 1 saturated carbocycles. The topological polar surface area (TPSA) is 15.3 Å². The summed E-state index contributed by atoms with van der Waals surface area (Å²) >= 11 is 0. The van der Waals surface area contributed by atoms with Crippen molar-refractivity contribution in [3.63, 3.8) is 0 Å². The number of likely N-dealkylation sites (N-methyl/N-ethyl adjacent to an activating group) is 2. The molecular weight excluding hydrogens is 220 g/mol. The number of hydrogen-bond acceptors (Lipinski definition) is 2. The average Bonchev–Trinajstić information content (AvgIpc) is 2.61. The summed E-state index contributed by atoms with van der Waals surface area (Å²) in [5.41, 5.74) is 0.357. The first-order valence-electron chi connectivity index (χ1n) is 7.69. The molecule has 18 heavy (non-hydrogen) atoms. The van der Waals surface area contributed by atoms with Gasteiger partial charge in [0.25, 0.3) is 0 Å².